The van der Waals surface area contributed by atoms with Gasteiger partial charge in [0.05, 0.1) is 5.25 Å². The van der Waals surface area contributed by atoms with Gasteiger partial charge in [0.25, 0.3) is 0 Å². The summed E-state index contributed by atoms with van der Waals surface area (Å²) in [5.74, 6) is 0.351. The molecule has 2 saturated carbocycles. The maximum absolute atomic E-state index is 11.8. The zero-order chi connectivity index (χ0) is 15.0. The van der Waals surface area contributed by atoms with E-state index in [1.165, 1.54) is 19.1 Å². The van der Waals surface area contributed by atoms with Crippen LogP contribution in [-0.4, -0.2) is 50.5 Å². The van der Waals surface area contributed by atoms with Crippen molar-refractivity contribution in [1.82, 2.24) is 4.90 Å². The quantitative estimate of drug-likeness (QED) is 0.860. The van der Waals surface area contributed by atoms with Crippen LogP contribution >= 0.6 is 0 Å². The third-order valence-electron chi connectivity index (χ3n) is 5.76. The molecule has 0 aromatic rings. The molecule has 0 aliphatic heterocycles. The van der Waals surface area contributed by atoms with Gasteiger partial charge in [0.15, 0.2) is 0 Å². The van der Waals surface area contributed by atoms with E-state index in [2.05, 4.69) is 19.0 Å². The Hall–Kier alpha value is -0.130. The SMILES string of the molecule is CN(C)C1(C(N)C2CCCC(S(C)(=O)=O)C2)CCCC1. The van der Waals surface area contributed by atoms with E-state index in [1.807, 2.05) is 0 Å². The van der Waals surface area contributed by atoms with E-state index in [0.717, 1.165) is 38.5 Å². The summed E-state index contributed by atoms with van der Waals surface area (Å²) in [6.07, 6.45) is 9.84. The van der Waals surface area contributed by atoms with Gasteiger partial charge in [-0.3, -0.25) is 0 Å². The Morgan fingerprint density at radius 2 is 1.75 bits per heavy atom. The van der Waals surface area contributed by atoms with Crippen LogP contribution in [0.4, 0.5) is 0 Å². The lowest BCUT2D eigenvalue weighted by atomic mass is 9.73. The van der Waals surface area contributed by atoms with Crippen molar-refractivity contribution in [1.29, 1.82) is 0 Å². The third-order valence-corrected chi connectivity index (χ3v) is 7.40. The van der Waals surface area contributed by atoms with E-state index in [-0.39, 0.29) is 16.8 Å². The highest BCUT2D eigenvalue weighted by atomic mass is 32.2. The summed E-state index contributed by atoms with van der Waals surface area (Å²) in [5.41, 5.74) is 6.75. The first-order valence-electron chi connectivity index (χ1n) is 7.89. The minimum Gasteiger partial charge on any atom is -0.326 e. The first-order valence-corrected chi connectivity index (χ1v) is 9.85. The molecule has 0 saturated heterocycles. The zero-order valence-corrected chi connectivity index (χ0v) is 14.0. The van der Waals surface area contributed by atoms with Gasteiger partial charge in [-0.05, 0) is 52.1 Å². The van der Waals surface area contributed by atoms with E-state index in [9.17, 15) is 8.42 Å². The first kappa shape index (κ1) is 16.2. The van der Waals surface area contributed by atoms with Gasteiger partial charge < -0.3 is 10.6 Å². The molecule has 20 heavy (non-hydrogen) atoms. The van der Waals surface area contributed by atoms with Gasteiger partial charge in [0, 0.05) is 17.8 Å². The van der Waals surface area contributed by atoms with E-state index >= 15 is 0 Å². The van der Waals surface area contributed by atoms with Crippen LogP contribution in [0.15, 0.2) is 0 Å². The van der Waals surface area contributed by atoms with Crippen molar-refractivity contribution >= 4 is 9.84 Å². The van der Waals surface area contributed by atoms with Crippen LogP contribution in [0.3, 0.4) is 0 Å². The van der Waals surface area contributed by atoms with Gasteiger partial charge in [-0.2, -0.15) is 0 Å². The second-order valence-corrected chi connectivity index (χ2v) is 9.43. The fraction of sp³-hybridized carbons (Fsp3) is 1.00. The topological polar surface area (TPSA) is 63.4 Å². The molecular formula is C15H30N2O2S. The molecule has 5 heteroatoms. The average molecular weight is 302 g/mol. The number of likely N-dealkylation sites (N-methyl/N-ethyl adjacent to an activating group) is 1. The summed E-state index contributed by atoms with van der Waals surface area (Å²) >= 11 is 0. The third kappa shape index (κ3) is 3.04. The molecule has 0 aromatic carbocycles. The van der Waals surface area contributed by atoms with Crippen LogP contribution in [0.5, 0.6) is 0 Å². The van der Waals surface area contributed by atoms with E-state index in [0.29, 0.717) is 5.92 Å². The fourth-order valence-corrected chi connectivity index (χ4v) is 5.59. The number of nitrogens with two attached hydrogens (primary N) is 1. The normalized spacial score (nSPS) is 32.5. The second-order valence-electron chi connectivity index (χ2n) is 7.11. The molecule has 0 aromatic heterocycles. The summed E-state index contributed by atoms with van der Waals surface area (Å²) in [4.78, 5) is 2.30. The molecule has 2 fully saturated rings. The van der Waals surface area contributed by atoms with Gasteiger partial charge in [0.2, 0.25) is 0 Å². The molecule has 4 nitrogen and oxygen atoms in total. The minimum absolute atomic E-state index is 0.0874. The van der Waals surface area contributed by atoms with Crippen molar-refractivity contribution in [2.45, 2.75) is 68.2 Å². The molecule has 0 heterocycles. The highest BCUT2D eigenvalue weighted by Crippen LogP contribution is 2.42. The maximum Gasteiger partial charge on any atom is 0.150 e. The van der Waals surface area contributed by atoms with Gasteiger partial charge in [-0.25, -0.2) is 8.42 Å². The highest BCUT2D eigenvalue weighted by Gasteiger charge is 2.46. The van der Waals surface area contributed by atoms with Crippen LogP contribution < -0.4 is 5.73 Å². The van der Waals surface area contributed by atoms with Crippen LogP contribution in [0.2, 0.25) is 0 Å². The van der Waals surface area contributed by atoms with Crippen molar-refractivity contribution in [2.24, 2.45) is 11.7 Å². The summed E-state index contributed by atoms with van der Waals surface area (Å²) in [6.45, 7) is 0. The summed E-state index contributed by atoms with van der Waals surface area (Å²) in [6, 6.07) is 0.101. The average Bonchev–Trinajstić information content (AvgIpc) is 2.87. The van der Waals surface area contributed by atoms with Crippen molar-refractivity contribution in [3.8, 4) is 0 Å². The Labute approximate surface area is 124 Å². The number of nitrogens with zero attached hydrogens (tertiary/aromatic N) is 1. The lowest BCUT2D eigenvalue weighted by Gasteiger charge is -2.46. The Kier molecular flexibility index (Phi) is 4.82. The molecule has 0 radical (unpaired) electrons. The van der Waals surface area contributed by atoms with Crippen molar-refractivity contribution in [2.75, 3.05) is 20.4 Å². The molecule has 0 amide bonds. The molecule has 2 rings (SSSR count). The fourth-order valence-electron chi connectivity index (χ4n) is 4.40. The smallest absolute Gasteiger partial charge is 0.150 e. The Balaban J connectivity index is 2.13. The zero-order valence-electron chi connectivity index (χ0n) is 13.1. The van der Waals surface area contributed by atoms with E-state index in [4.69, 9.17) is 5.73 Å². The monoisotopic (exact) mass is 302 g/mol. The predicted molar refractivity (Wildman–Crippen MR) is 83.5 cm³/mol. The Morgan fingerprint density at radius 1 is 1.15 bits per heavy atom. The van der Waals surface area contributed by atoms with Crippen molar-refractivity contribution in [3.05, 3.63) is 0 Å². The molecular weight excluding hydrogens is 272 g/mol. The number of hydrogen-bond acceptors (Lipinski definition) is 4. The van der Waals surface area contributed by atoms with E-state index < -0.39 is 9.84 Å². The molecule has 118 valence electrons. The standard InChI is InChI=1S/C15H30N2O2S/c1-17(2)15(9-4-5-10-15)14(16)12-7-6-8-13(11-12)20(3,18)19/h12-14H,4-11,16H2,1-3H3. The lowest BCUT2D eigenvalue weighted by molar-refractivity contribution is 0.0822. The maximum atomic E-state index is 11.8. The van der Waals surface area contributed by atoms with Crippen LogP contribution in [0.1, 0.15) is 51.4 Å². The summed E-state index contributed by atoms with van der Waals surface area (Å²) < 4.78 is 23.7. The van der Waals surface area contributed by atoms with Crippen LogP contribution in [-0.2, 0) is 9.84 Å². The van der Waals surface area contributed by atoms with Gasteiger partial charge >= 0.3 is 0 Å². The molecule has 3 unspecified atom stereocenters. The van der Waals surface area contributed by atoms with E-state index in [1.54, 1.807) is 0 Å². The van der Waals surface area contributed by atoms with Crippen LogP contribution in [0.25, 0.3) is 0 Å². The molecule has 2 aliphatic rings. The van der Waals surface area contributed by atoms with Crippen molar-refractivity contribution < 1.29 is 8.42 Å². The Morgan fingerprint density at radius 3 is 2.25 bits per heavy atom. The molecule has 0 bridgehead atoms. The van der Waals surface area contributed by atoms with Crippen molar-refractivity contribution in [3.63, 3.8) is 0 Å². The first-order chi connectivity index (χ1) is 9.27. The highest BCUT2D eigenvalue weighted by molar-refractivity contribution is 7.91. The van der Waals surface area contributed by atoms with Gasteiger partial charge in [-0.15, -0.1) is 0 Å². The molecule has 2 aliphatic carbocycles. The summed E-state index contributed by atoms with van der Waals surface area (Å²) in [5, 5.41) is -0.173. The van der Waals surface area contributed by atoms with Gasteiger partial charge in [0.1, 0.15) is 9.84 Å². The second kappa shape index (κ2) is 5.93. The minimum atomic E-state index is -2.93. The predicted octanol–water partition coefficient (Wildman–Crippen LogP) is 1.79. The Bertz CT molecular complexity index is 427. The van der Waals surface area contributed by atoms with Crippen LogP contribution in [0, 0.1) is 5.92 Å². The number of sulfone groups is 1. The molecule has 2 N–H and O–H groups in total. The lowest BCUT2D eigenvalue weighted by Crippen LogP contribution is -2.59. The number of hydrogen-bond donors (Lipinski definition) is 1. The largest absolute Gasteiger partial charge is 0.326 e. The molecule has 3 atom stereocenters. The molecule has 0 spiro atoms. The number of rotatable bonds is 4. The van der Waals surface area contributed by atoms with Gasteiger partial charge in [-0.1, -0.05) is 19.3 Å². The summed E-state index contributed by atoms with van der Waals surface area (Å²) in [7, 11) is 1.33.